The van der Waals surface area contributed by atoms with Gasteiger partial charge in [-0.1, -0.05) is 36.4 Å². The minimum Gasteiger partial charge on any atom is -0.478 e. The lowest BCUT2D eigenvalue weighted by Crippen LogP contribution is -2.03. The van der Waals surface area contributed by atoms with Crippen LogP contribution in [0.25, 0.3) is 34.4 Å². The third-order valence-corrected chi connectivity index (χ3v) is 3.56. The standard InChI is InChI=1S/C18H12O4/c19-16(20)9-6-11-5-7-15-13-3-1-2-4-14(13)18(15)12(11)8-10-17(21)22/h1-10H,(H,19,20)(H,21,22). The second-order valence-electron chi connectivity index (χ2n) is 4.88. The molecule has 22 heavy (non-hydrogen) atoms. The molecule has 0 aliphatic heterocycles. The van der Waals surface area contributed by atoms with Crippen molar-refractivity contribution in [3.05, 3.63) is 59.7 Å². The van der Waals surface area contributed by atoms with E-state index in [-0.39, 0.29) is 0 Å². The molecule has 1 aliphatic carbocycles. The van der Waals surface area contributed by atoms with Crippen molar-refractivity contribution in [2.45, 2.75) is 0 Å². The van der Waals surface area contributed by atoms with Gasteiger partial charge in [-0.3, -0.25) is 0 Å². The first kappa shape index (κ1) is 13.8. The van der Waals surface area contributed by atoms with Gasteiger partial charge in [-0.15, -0.1) is 0 Å². The summed E-state index contributed by atoms with van der Waals surface area (Å²) < 4.78 is 0. The zero-order chi connectivity index (χ0) is 15.7. The molecule has 0 atom stereocenters. The zero-order valence-electron chi connectivity index (χ0n) is 11.5. The predicted octanol–water partition coefficient (Wildman–Crippen LogP) is 3.53. The first-order valence-corrected chi connectivity index (χ1v) is 6.66. The highest BCUT2D eigenvalue weighted by molar-refractivity contribution is 6.08. The Hall–Kier alpha value is -3.14. The van der Waals surface area contributed by atoms with Crippen LogP contribution in [-0.4, -0.2) is 22.2 Å². The van der Waals surface area contributed by atoms with Crippen LogP contribution in [0.4, 0.5) is 0 Å². The molecule has 1 aliphatic rings. The van der Waals surface area contributed by atoms with Crippen LogP contribution >= 0.6 is 0 Å². The van der Waals surface area contributed by atoms with Crippen LogP contribution in [-0.2, 0) is 9.59 Å². The minimum atomic E-state index is -1.05. The van der Waals surface area contributed by atoms with Gasteiger partial charge in [-0.05, 0) is 45.5 Å². The molecular formula is C18H12O4. The van der Waals surface area contributed by atoms with Gasteiger partial charge in [0.1, 0.15) is 0 Å². The Morgan fingerprint density at radius 2 is 1.41 bits per heavy atom. The fourth-order valence-electron chi connectivity index (χ4n) is 2.66. The van der Waals surface area contributed by atoms with Gasteiger partial charge in [-0.25, -0.2) is 9.59 Å². The molecule has 0 fully saturated rings. The van der Waals surface area contributed by atoms with Crippen molar-refractivity contribution < 1.29 is 19.8 Å². The van der Waals surface area contributed by atoms with Crippen LogP contribution in [0.15, 0.2) is 48.6 Å². The SMILES string of the molecule is O=C(O)C=Cc1ccc2c(c1C=CC(=O)O)-c1ccccc1-2. The van der Waals surface area contributed by atoms with E-state index in [1.54, 1.807) is 6.07 Å². The highest BCUT2D eigenvalue weighted by atomic mass is 16.4. The fraction of sp³-hybridized carbons (Fsp3) is 0. The summed E-state index contributed by atoms with van der Waals surface area (Å²) in [5, 5.41) is 17.6. The van der Waals surface area contributed by atoms with Crippen molar-refractivity contribution >= 4 is 24.1 Å². The summed E-state index contributed by atoms with van der Waals surface area (Å²) in [6.07, 6.45) is 5.10. The van der Waals surface area contributed by atoms with E-state index in [9.17, 15) is 9.59 Å². The van der Waals surface area contributed by atoms with E-state index in [0.717, 1.165) is 40.0 Å². The third-order valence-electron chi connectivity index (χ3n) is 3.56. The number of benzene rings is 2. The van der Waals surface area contributed by atoms with E-state index < -0.39 is 11.9 Å². The highest BCUT2D eigenvalue weighted by Crippen LogP contribution is 2.50. The van der Waals surface area contributed by atoms with Crippen LogP contribution in [0.1, 0.15) is 11.1 Å². The average Bonchev–Trinajstić information content (AvgIpc) is 2.48. The largest absolute Gasteiger partial charge is 0.478 e. The molecule has 0 saturated carbocycles. The smallest absolute Gasteiger partial charge is 0.328 e. The Balaban J connectivity index is 2.16. The molecular weight excluding hydrogens is 280 g/mol. The molecule has 0 radical (unpaired) electrons. The molecule has 4 nitrogen and oxygen atoms in total. The number of fused-ring (bicyclic) bond motifs is 4. The molecule has 0 spiro atoms. The van der Waals surface area contributed by atoms with Crippen LogP contribution in [0, 0.1) is 0 Å². The number of aliphatic carboxylic acids is 2. The number of hydrogen-bond acceptors (Lipinski definition) is 2. The van der Waals surface area contributed by atoms with E-state index in [4.69, 9.17) is 10.2 Å². The topological polar surface area (TPSA) is 74.6 Å². The molecule has 4 heteroatoms. The lowest BCUT2D eigenvalue weighted by Gasteiger charge is -2.27. The molecule has 0 unspecified atom stereocenters. The summed E-state index contributed by atoms with van der Waals surface area (Å²) in [5.74, 6) is -2.09. The summed E-state index contributed by atoms with van der Waals surface area (Å²) in [6, 6.07) is 11.6. The van der Waals surface area contributed by atoms with Crippen LogP contribution < -0.4 is 0 Å². The molecule has 2 aromatic rings. The predicted molar refractivity (Wildman–Crippen MR) is 84.2 cm³/mol. The maximum absolute atomic E-state index is 10.8. The van der Waals surface area contributed by atoms with Gasteiger partial charge in [0.05, 0.1) is 0 Å². The minimum absolute atomic E-state index is 0.674. The average molecular weight is 292 g/mol. The molecule has 0 heterocycles. The molecule has 3 rings (SSSR count). The number of carboxylic acid groups (broad SMARTS) is 2. The summed E-state index contributed by atoms with van der Waals surface area (Å²) in [5.41, 5.74) is 5.57. The number of hydrogen-bond donors (Lipinski definition) is 2. The maximum Gasteiger partial charge on any atom is 0.328 e. The monoisotopic (exact) mass is 292 g/mol. The van der Waals surface area contributed by atoms with Gasteiger partial charge in [0.2, 0.25) is 0 Å². The second-order valence-corrected chi connectivity index (χ2v) is 4.88. The van der Waals surface area contributed by atoms with E-state index >= 15 is 0 Å². The normalized spacial score (nSPS) is 12.0. The number of carbonyl (C=O) groups is 2. The third kappa shape index (κ3) is 2.31. The van der Waals surface area contributed by atoms with Crippen molar-refractivity contribution in [2.24, 2.45) is 0 Å². The van der Waals surface area contributed by atoms with Gasteiger partial charge < -0.3 is 10.2 Å². The van der Waals surface area contributed by atoms with Gasteiger partial charge in [0.15, 0.2) is 0 Å². The Morgan fingerprint density at radius 1 is 0.773 bits per heavy atom. The summed E-state index contributed by atoms with van der Waals surface area (Å²) in [6.45, 7) is 0. The molecule has 108 valence electrons. The molecule has 2 aromatic carbocycles. The molecule has 2 N–H and O–H groups in total. The Bertz CT molecular complexity index is 844. The quantitative estimate of drug-likeness (QED) is 0.721. The summed E-state index contributed by atoms with van der Waals surface area (Å²) in [4.78, 5) is 21.5. The first-order valence-electron chi connectivity index (χ1n) is 6.66. The number of rotatable bonds is 4. The van der Waals surface area contributed by atoms with Gasteiger partial charge in [0, 0.05) is 12.2 Å². The molecule has 0 amide bonds. The zero-order valence-corrected chi connectivity index (χ0v) is 11.5. The van der Waals surface area contributed by atoms with Crippen molar-refractivity contribution in [3.63, 3.8) is 0 Å². The lowest BCUT2D eigenvalue weighted by molar-refractivity contribution is -0.132. The van der Waals surface area contributed by atoms with Crippen molar-refractivity contribution in [2.75, 3.05) is 0 Å². The van der Waals surface area contributed by atoms with E-state index in [0.29, 0.717) is 5.56 Å². The molecule has 0 saturated heterocycles. The molecule has 0 bridgehead atoms. The Kier molecular flexibility index (Phi) is 3.35. The van der Waals surface area contributed by atoms with Crippen LogP contribution in [0.5, 0.6) is 0 Å². The van der Waals surface area contributed by atoms with E-state index in [2.05, 4.69) is 0 Å². The maximum atomic E-state index is 10.8. The van der Waals surface area contributed by atoms with Crippen LogP contribution in [0.3, 0.4) is 0 Å². The Morgan fingerprint density at radius 3 is 2.09 bits per heavy atom. The number of carboxylic acids is 2. The lowest BCUT2D eigenvalue weighted by atomic mass is 9.76. The molecule has 0 aromatic heterocycles. The van der Waals surface area contributed by atoms with E-state index in [1.165, 1.54) is 12.2 Å². The van der Waals surface area contributed by atoms with Crippen LogP contribution in [0.2, 0.25) is 0 Å². The fourth-order valence-corrected chi connectivity index (χ4v) is 2.66. The Labute approximate surface area is 126 Å². The first-order chi connectivity index (χ1) is 10.6. The van der Waals surface area contributed by atoms with Gasteiger partial charge >= 0.3 is 11.9 Å². The van der Waals surface area contributed by atoms with Crippen molar-refractivity contribution in [1.29, 1.82) is 0 Å². The van der Waals surface area contributed by atoms with Crippen molar-refractivity contribution in [1.82, 2.24) is 0 Å². The van der Waals surface area contributed by atoms with Gasteiger partial charge in [-0.2, -0.15) is 0 Å². The second kappa shape index (κ2) is 5.33. The summed E-state index contributed by atoms with van der Waals surface area (Å²) >= 11 is 0. The van der Waals surface area contributed by atoms with E-state index in [1.807, 2.05) is 30.3 Å². The summed E-state index contributed by atoms with van der Waals surface area (Å²) in [7, 11) is 0. The highest BCUT2D eigenvalue weighted by Gasteiger charge is 2.25. The van der Waals surface area contributed by atoms with Gasteiger partial charge in [0.25, 0.3) is 0 Å². The van der Waals surface area contributed by atoms with Crippen molar-refractivity contribution in [3.8, 4) is 22.3 Å².